The lowest BCUT2D eigenvalue weighted by Crippen LogP contribution is -2.19. The maximum absolute atomic E-state index is 5.52. The number of aromatic nitrogens is 1. The second kappa shape index (κ2) is 3.34. The van der Waals surface area contributed by atoms with E-state index in [0.717, 1.165) is 9.88 Å². The van der Waals surface area contributed by atoms with Gasteiger partial charge in [-0.3, -0.25) is 0 Å². The molecule has 0 amide bonds. The summed E-state index contributed by atoms with van der Waals surface area (Å²) in [6.07, 6.45) is 5.57. The van der Waals surface area contributed by atoms with E-state index in [1.165, 1.54) is 11.3 Å². The summed E-state index contributed by atoms with van der Waals surface area (Å²) in [5.41, 5.74) is 5.52. The van der Waals surface area contributed by atoms with Gasteiger partial charge in [0.15, 0.2) is 5.13 Å². The zero-order chi connectivity index (χ0) is 8.27. The van der Waals surface area contributed by atoms with Crippen LogP contribution in [0.3, 0.4) is 0 Å². The van der Waals surface area contributed by atoms with Crippen LogP contribution in [0.1, 0.15) is 6.92 Å². The summed E-state index contributed by atoms with van der Waals surface area (Å²) in [5, 5.41) is 1.54. The van der Waals surface area contributed by atoms with Crippen LogP contribution < -0.4 is 15.6 Å². The number of nitrogens with two attached hydrogens (primary N) is 1. The first-order chi connectivity index (χ1) is 5.27. The monoisotopic (exact) mass is 166 g/mol. The molecule has 0 aromatic carbocycles. The minimum Gasteiger partial charge on any atom is -0.375 e. The van der Waals surface area contributed by atoms with Crippen LogP contribution in [0.5, 0.6) is 0 Å². The molecule has 0 saturated heterocycles. The van der Waals surface area contributed by atoms with Crippen molar-refractivity contribution in [3.05, 3.63) is 22.5 Å². The van der Waals surface area contributed by atoms with E-state index in [-0.39, 0.29) is 0 Å². The van der Waals surface area contributed by atoms with E-state index in [9.17, 15) is 0 Å². The van der Waals surface area contributed by atoms with Crippen molar-refractivity contribution in [2.24, 2.45) is 0 Å². The van der Waals surface area contributed by atoms with Crippen LogP contribution in [0, 0.1) is 0 Å². The molecule has 0 radical (unpaired) electrons. The highest BCUT2D eigenvalue weighted by atomic mass is 32.1. The zero-order valence-electron chi connectivity index (χ0n) is 6.37. The number of rotatable bonds is 1. The molecule has 3 heteroatoms. The summed E-state index contributed by atoms with van der Waals surface area (Å²) in [7, 11) is 0. The Labute approximate surface area is 69.4 Å². The Morgan fingerprint density at radius 1 is 1.64 bits per heavy atom. The van der Waals surface area contributed by atoms with Gasteiger partial charge in [-0.05, 0) is 13.0 Å². The van der Waals surface area contributed by atoms with Crippen LogP contribution in [-0.4, -0.2) is 4.98 Å². The number of nitrogens with zero attached hydrogens (tertiary/aromatic N) is 1. The normalized spacial score (nSPS) is 13.9. The van der Waals surface area contributed by atoms with Gasteiger partial charge in [-0.1, -0.05) is 30.1 Å². The maximum Gasteiger partial charge on any atom is 0.181 e. The van der Waals surface area contributed by atoms with E-state index in [4.69, 9.17) is 5.73 Å². The van der Waals surface area contributed by atoms with Crippen LogP contribution in [0.4, 0.5) is 5.13 Å². The highest BCUT2D eigenvalue weighted by molar-refractivity contribution is 7.13. The number of thiazole rings is 1. The fourth-order valence-electron chi connectivity index (χ4n) is 0.795. The molecule has 1 aromatic heterocycles. The van der Waals surface area contributed by atoms with Gasteiger partial charge in [-0.15, -0.1) is 0 Å². The molecule has 1 rings (SSSR count). The summed E-state index contributed by atoms with van der Waals surface area (Å²) in [6, 6.07) is 0. The van der Waals surface area contributed by atoms with E-state index >= 15 is 0 Å². The van der Waals surface area contributed by atoms with E-state index in [2.05, 4.69) is 11.6 Å². The Morgan fingerprint density at radius 2 is 2.36 bits per heavy atom. The summed E-state index contributed by atoms with van der Waals surface area (Å²) in [4.78, 5) is 4.11. The van der Waals surface area contributed by atoms with Crippen molar-refractivity contribution in [2.75, 3.05) is 5.73 Å². The molecule has 0 saturated carbocycles. The predicted molar refractivity (Wildman–Crippen MR) is 50.6 cm³/mol. The first kappa shape index (κ1) is 8.01. The molecule has 0 aliphatic carbocycles. The molecule has 1 heterocycles. The van der Waals surface area contributed by atoms with Gasteiger partial charge in [0.1, 0.15) is 0 Å². The summed E-state index contributed by atoms with van der Waals surface area (Å²) >= 11 is 1.47. The largest absolute Gasteiger partial charge is 0.375 e. The molecule has 58 valence electrons. The van der Waals surface area contributed by atoms with Crippen molar-refractivity contribution in [3.63, 3.8) is 0 Å². The SMILES string of the molecule is C=C/C=c1/sc(N)n/c1=C/C. The quantitative estimate of drug-likeness (QED) is 0.659. The predicted octanol–water partition coefficient (Wildman–Crippen LogP) is 0.492. The second-order valence-corrected chi connectivity index (χ2v) is 3.05. The van der Waals surface area contributed by atoms with Crippen LogP contribution in [0.25, 0.3) is 12.2 Å². The Morgan fingerprint density at radius 3 is 2.91 bits per heavy atom. The van der Waals surface area contributed by atoms with Crippen molar-refractivity contribution >= 4 is 28.6 Å². The molecule has 2 nitrogen and oxygen atoms in total. The molecular weight excluding hydrogens is 156 g/mol. The fourth-order valence-corrected chi connectivity index (χ4v) is 1.60. The molecule has 11 heavy (non-hydrogen) atoms. The van der Waals surface area contributed by atoms with Crippen LogP contribution in [0.15, 0.2) is 12.7 Å². The number of anilines is 1. The second-order valence-electron chi connectivity index (χ2n) is 1.99. The minimum atomic E-state index is 0.603. The lowest BCUT2D eigenvalue weighted by molar-refractivity contribution is 1.32. The molecule has 2 N–H and O–H groups in total. The third-order valence-electron chi connectivity index (χ3n) is 1.24. The Balaban J connectivity index is 3.47. The van der Waals surface area contributed by atoms with Crippen molar-refractivity contribution < 1.29 is 0 Å². The summed E-state index contributed by atoms with van der Waals surface area (Å²) in [5.74, 6) is 0. The first-order valence-electron chi connectivity index (χ1n) is 3.29. The van der Waals surface area contributed by atoms with E-state index in [1.54, 1.807) is 6.08 Å². The first-order valence-corrected chi connectivity index (χ1v) is 4.11. The number of hydrogen-bond donors (Lipinski definition) is 1. The smallest absolute Gasteiger partial charge is 0.181 e. The van der Waals surface area contributed by atoms with E-state index in [1.807, 2.05) is 19.1 Å². The minimum absolute atomic E-state index is 0.603. The highest BCUT2D eigenvalue weighted by Gasteiger charge is 1.90. The molecule has 0 aliphatic heterocycles. The van der Waals surface area contributed by atoms with Crippen molar-refractivity contribution in [3.8, 4) is 0 Å². The van der Waals surface area contributed by atoms with Gasteiger partial charge in [0, 0.05) is 0 Å². The topological polar surface area (TPSA) is 38.9 Å². The number of hydrogen-bond acceptors (Lipinski definition) is 3. The summed E-state index contributed by atoms with van der Waals surface area (Å²) < 4.78 is 1.07. The maximum atomic E-state index is 5.52. The molecule has 0 fully saturated rings. The average Bonchev–Trinajstić information content (AvgIpc) is 2.32. The van der Waals surface area contributed by atoms with Gasteiger partial charge in [-0.25, -0.2) is 4.98 Å². The third kappa shape index (κ3) is 1.68. The Kier molecular flexibility index (Phi) is 2.44. The fraction of sp³-hybridized carbons (Fsp3) is 0.125. The van der Waals surface area contributed by atoms with Gasteiger partial charge in [0.05, 0.1) is 9.88 Å². The third-order valence-corrected chi connectivity index (χ3v) is 2.11. The number of allylic oxidation sites excluding steroid dienone is 1. The standard InChI is InChI=1S/C8H10N2S/c1-3-5-7-6(4-2)10-8(9)11-7/h3-5H,1H2,2H3,(H2,9,10)/b6-4+,7-5+. The van der Waals surface area contributed by atoms with Crippen LogP contribution >= 0.6 is 11.3 Å². The van der Waals surface area contributed by atoms with Crippen molar-refractivity contribution in [1.82, 2.24) is 4.98 Å². The van der Waals surface area contributed by atoms with Gasteiger partial charge in [0.2, 0.25) is 0 Å². The molecule has 0 bridgehead atoms. The molecule has 1 aromatic rings. The van der Waals surface area contributed by atoms with Crippen molar-refractivity contribution in [2.45, 2.75) is 6.92 Å². The lowest BCUT2D eigenvalue weighted by Gasteiger charge is -1.70. The van der Waals surface area contributed by atoms with Crippen LogP contribution in [0.2, 0.25) is 0 Å². The molecule has 0 unspecified atom stereocenters. The van der Waals surface area contributed by atoms with Gasteiger partial charge in [-0.2, -0.15) is 0 Å². The highest BCUT2D eigenvalue weighted by Crippen LogP contribution is 1.94. The van der Waals surface area contributed by atoms with E-state index < -0.39 is 0 Å². The zero-order valence-corrected chi connectivity index (χ0v) is 7.19. The van der Waals surface area contributed by atoms with Crippen LogP contribution in [-0.2, 0) is 0 Å². The lowest BCUT2D eigenvalue weighted by atomic mass is 10.5. The van der Waals surface area contributed by atoms with Gasteiger partial charge >= 0.3 is 0 Å². The molecular formula is C8H10N2S. The Bertz CT molecular complexity index is 362. The molecule has 0 spiro atoms. The number of nitrogen functional groups attached to an aromatic ring is 1. The molecule has 0 atom stereocenters. The van der Waals surface area contributed by atoms with Gasteiger partial charge < -0.3 is 5.73 Å². The van der Waals surface area contributed by atoms with E-state index in [0.29, 0.717) is 5.13 Å². The average molecular weight is 166 g/mol. The Hall–Kier alpha value is -1.09. The van der Waals surface area contributed by atoms with Gasteiger partial charge in [0.25, 0.3) is 0 Å². The van der Waals surface area contributed by atoms with Crippen molar-refractivity contribution in [1.29, 1.82) is 0 Å². The summed E-state index contributed by atoms with van der Waals surface area (Å²) in [6.45, 7) is 5.55. The molecule has 0 aliphatic rings.